The van der Waals surface area contributed by atoms with Crippen molar-refractivity contribution in [1.82, 2.24) is 4.90 Å². The number of carbonyl (C=O) groups excluding carboxylic acids is 1. The van der Waals surface area contributed by atoms with Crippen LogP contribution in [0.25, 0.3) is 5.57 Å². The molecule has 3 aromatic carbocycles. The van der Waals surface area contributed by atoms with Crippen LogP contribution < -0.4 is 9.47 Å². The number of amides is 1. The lowest BCUT2D eigenvalue weighted by Gasteiger charge is -2.26. The Balaban J connectivity index is 1.68. The van der Waals surface area contributed by atoms with Crippen LogP contribution in [0.5, 0.6) is 11.5 Å². The molecule has 1 aliphatic rings. The number of carboxylic acids is 1. The van der Waals surface area contributed by atoms with Crippen molar-refractivity contribution in [2.75, 3.05) is 13.1 Å². The van der Waals surface area contributed by atoms with Gasteiger partial charge in [-0.05, 0) is 86.6 Å². The molecule has 0 aliphatic carbocycles. The van der Waals surface area contributed by atoms with E-state index in [1.54, 1.807) is 17.0 Å². The van der Waals surface area contributed by atoms with Crippen molar-refractivity contribution < 1.29 is 29.3 Å². The number of benzene rings is 3. The third kappa shape index (κ3) is 6.56. The van der Waals surface area contributed by atoms with Crippen molar-refractivity contribution in [3.63, 3.8) is 0 Å². The molecule has 2 atom stereocenters. The first-order valence-electron chi connectivity index (χ1n) is 13.9. The Morgan fingerprint density at radius 2 is 1.59 bits per heavy atom. The molecule has 2 N–H and O–H groups in total. The minimum Gasteiger partial charge on any atom is -0.515 e. The Labute approximate surface area is 242 Å². The van der Waals surface area contributed by atoms with E-state index in [4.69, 9.17) is 9.47 Å². The number of aliphatic hydroxyl groups excluding tert-OH is 1. The quantitative estimate of drug-likeness (QED) is 0.284. The van der Waals surface area contributed by atoms with E-state index < -0.39 is 17.7 Å². The van der Waals surface area contributed by atoms with Gasteiger partial charge in [-0.3, -0.25) is 0 Å². The van der Waals surface area contributed by atoms with Crippen LogP contribution in [-0.2, 0) is 11.2 Å². The maximum Gasteiger partial charge on any atom is 0.415 e. The molecule has 0 bridgehead atoms. The fourth-order valence-corrected chi connectivity index (χ4v) is 5.35. The summed E-state index contributed by atoms with van der Waals surface area (Å²) >= 11 is 0. The predicted octanol–water partition coefficient (Wildman–Crippen LogP) is 7.23. The Kier molecular flexibility index (Phi) is 8.76. The second-order valence-electron chi connectivity index (χ2n) is 11.3. The summed E-state index contributed by atoms with van der Waals surface area (Å²) in [6.07, 6.45) is 1.60. The molecular weight excluding hydrogens is 518 g/mol. The van der Waals surface area contributed by atoms with E-state index in [0.29, 0.717) is 24.6 Å². The van der Waals surface area contributed by atoms with Crippen molar-refractivity contribution in [2.24, 2.45) is 5.92 Å². The first-order valence-corrected chi connectivity index (χ1v) is 13.9. The average molecular weight is 558 g/mol. The molecule has 0 radical (unpaired) electrons. The summed E-state index contributed by atoms with van der Waals surface area (Å²) in [5.41, 5.74) is 5.08. The number of carbonyl (C=O) groups is 2. The second-order valence-corrected chi connectivity index (χ2v) is 11.3. The highest BCUT2D eigenvalue weighted by molar-refractivity contribution is 5.77. The number of aliphatic carboxylic acids is 1. The van der Waals surface area contributed by atoms with Crippen molar-refractivity contribution in [1.29, 1.82) is 0 Å². The van der Waals surface area contributed by atoms with E-state index in [1.807, 2.05) is 69.3 Å². The van der Waals surface area contributed by atoms with E-state index in [-0.39, 0.29) is 11.8 Å². The number of likely N-dealkylation sites (tertiary alicyclic amines) is 1. The van der Waals surface area contributed by atoms with Crippen molar-refractivity contribution >= 4 is 17.6 Å². The number of rotatable bonds is 8. The minimum atomic E-state index is -1.39. The summed E-state index contributed by atoms with van der Waals surface area (Å²) in [5.74, 6) is -0.398. The zero-order valence-corrected chi connectivity index (χ0v) is 24.6. The number of hydrogen-bond acceptors (Lipinski definition) is 5. The van der Waals surface area contributed by atoms with Gasteiger partial charge in [-0.1, -0.05) is 61.0 Å². The van der Waals surface area contributed by atoms with Gasteiger partial charge in [0.1, 0.15) is 11.5 Å². The first kappa shape index (κ1) is 29.7. The molecule has 1 heterocycles. The van der Waals surface area contributed by atoms with Crippen LogP contribution in [0.15, 0.2) is 66.9 Å². The van der Waals surface area contributed by atoms with E-state index in [2.05, 4.69) is 6.92 Å². The lowest BCUT2D eigenvalue weighted by atomic mass is 9.80. The molecule has 216 valence electrons. The number of hydrogen-bond donors (Lipinski definition) is 2. The molecule has 1 aliphatic heterocycles. The minimum absolute atomic E-state index is 0.149. The van der Waals surface area contributed by atoms with E-state index >= 15 is 0 Å². The smallest absolute Gasteiger partial charge is 0.415 e. The lowest BCUT2D eigenvalue weighted by Crippen LogP contribution is -2.38. The first-order chi connectivity index (χ1) is 19.4. The molecule has 3 aromatic rings. The summed E-state index contributed by atoms with van der Waals surface area (Å²) < 4.78 is 11.7. The van der Waals surface area contributed by atoms with E-state index in [0.717, 1.165) is 51.6 Å². The van der Waals surface area contributed by atoms with Crippen molar-refractivity contribution in [3.05, 3.63) is 100 Å². The van der Waals surface area contributed by atoms with Crippen LogP contribution >= 0.6 is 0 Å². The molecule has 0 spiro atoms. The average Bonchev–Trinajstić information content (AvgIpc) is 3.38. The zero-order chi connectivity index (χ0) is 29.9. The van der Waals surface area contributed by atoms with Crippen molar-refractivity contribution in [3.8, 4) is 11.5 Å². The molecule has 1 fully saturated rings. The Hall–Kier alpha value is -4.26. The van der Waals surface area contributed by atoms with Gasteiger partial charge >= 0.3 is 12.1 Å². The van der Waals surface area contributed by atoms with Crippen LogP contribution in [0.3, 0.4) is 0 Å². The summed E-state index contributed by atoms with van der Waals surface area (Å²) in [6, 6.07) is 19.4. The zero-order valence-electron chi connectivity index (χ0n) is 24.6. The molecular formula is C34H39NO6. The van der Waals surface area contributed by atoms with Crippen LogP contribution in [0.1, 0.15) is 60.1 Å². The molecule has 7 heteroatoms. The van der Waals surface area contributed by atoms with E-state index in [9.17, 15) is 19.8 Å². The number of ether oxygens (including phenoxy) is 2. The third-order valence-electron chi connectivity index (χ3n) is 7.82. The van der Waals surface area contributed by atoms with Gasteiger partial charge in [0.15, 0.2) is 5.60 Å². The third-order valence-corrected chi connectivity index (χ3v) is 7.82. The molecule has 0 saturated carbocycles. The fraction of sp³-hybridized carbons (Fsp3) is 0.353. The van der Waals surface area contributed by atoms with Crippen LogP contribution in [0.4, 0.5) is 4.79 Å². The fourth-order valence-electron chi connectivity index (χ4n) is 5.35. The molecule has 1 saturated heterocycles. The standard InChI is InChI=1S/C34H39NO6/c1-7-24-10-14-27(15-11-24)40-33(39)35-18-28(29(19-35)30(20-36)25-12-8-21(2)9-13-25)26-16-22(3)31(23(4)17-26)41-34(5,6)32(37)38/h8-17,20,28-29,36H,7,18-19H2,1-6H3,(H,37,38)/b30-20+. The van der Waals surface area contributed by atoms with Gasteiger partial charge < -0.3 is 24.6 Å². The SMILES string of the molecule is CCc1ccc(OC(=O)N2CC(/C(=C/O)c3ccc(C)cc3)C(c3cc(C)c(OC(C)(C)C(=O)O)c(C)c3)C2)cc1. The number of aliphatic hydroxyl groups is 1. The highest BCUT2D eigenvalue weighted by Gasteiger charge is 2.40. The molecule has 2 unspecified atom stereocenters. The summed E-state index contributed by atoms with van der Waals surface area (Å²) in [6.45, 7) is 11.7. The molecule has 41 heavy (non-hydrogen) atoms. The summed E-state index contributed by atoms with van der Waals surface area (Å²) in [4.78, 5) is 26.7. The number of nitrogens with zero attached hydrogens (tertiary/aromatic N) is 1. The summed E-state index contributed by atoms with van der Waals surface area (Å²) in [5, 5.41) is 20.0. The Morgan fingerprint density at radius 3 is 2.12 bits per heavy atom. The van der Waals surface area contributed by atoms with Gasteiger partial charge in [0.2, 0.25) is 0 Å². The maximum absolute atomic E-state index is 13.3. The van der Waals surface area contributed by atoms with Crippen LogP contribution in [0, 0.1) is 26.7 Å². The Morgan fingerprint density at radius 1 is 0.976 bits per heavy atom. The molecule has 7 nitrogen and oxygen atoms in total. The van der Waals surface area contributed by atoms with Gasteiger partial charge in [-0.25, -0.2) is 9.59 Å². The Bertz CT molecular complexity index is 1420. The summed E-state index contributed by atoms with van der Waals surface area (Å²) in [7, 11) is 0. The van der Waals surface area contributed by atoms with Gasteiger partial charge in [0.25, 0.3) is 0 Å². The lowest BCUT2D eigenvalue weighted by molar-refractivity contribution is -0.152. The largest absolute Gasteiger partial charge is 0.515 e. The maximum atomic E-state index is 13.3. The monoisotopic (exact) mass is 557 g/mol. The van der Waals surface area contributed by atoms with Gasteiger partial charge in [-0.2, -0.15) is 0 Å². The van der Waals surface area contributed by atoms with Crippen LogP contribution in [0.2, 0.25) is 0 Å². The van der Waals surface area contributed by atoms with Crippen molar-refractivity contribution in [2.45, 2.75) is 59.5 Å². The molecule has 0 aromatic heterocycles. The van der Waals surface area contributed by atoms with Gasteiger partial charge in [0, 0.05) is 24.9 Å². The number of carboxylic acid groups (broad SMARTS) is 1. The normalized spacial score (nSPS) is 17.4. The molecule has 4 rings (SSSR count). The highest BCUT2D eigenvalue weighted by Crippen LogP contribution is 2.43. The van der Waals surface area contributed by atoms with Crippen LogP contribution in [-0.4, -0.2) is 45.9 Å². The topological polar surface area (TPSA) is 96.3 Å². The van der Waals surface area contributed by atoms with Gasteiger partial charge in [0.05, 0.1) is 6.26 Å². The second kappa shape index (κ2) is 12.1. The number of aryl methyl sites for hydroxylation is 4. The predicted molar refractivity (Wildman–Crippen MR) is 160 cm³/mol. The van der Waals surface area contributed by atoms with E-state index in [1.165, 1.54) is 13.8 Å². The van der Waals surface area contributed by atoms with Gasteiger partial charge in [-0.15, -0.1) is 0 Å². The highest BCUT2D eigenvalue weighted by atomic mass is 16.6. The molecule has 1 amide bonds.